The highest BCUT2D eigenvalue weighted by Gasteiger charge is 2.30. The van der Waals surface area contributed by atoms with Gasteiger partial charge in [0, 0.05) is 6.42 Å². The standard InChI is InChI=1S/C27H30O5/c28-17-16-26(31-19-23-12-6-2-7-13-23)27(32-20-24-14-8-3-9-15-24)25(29)21-30-18-22-10-4-1-5-11-22/h1-15,17,25-27,29H,16,18-21H2/t25-,26-,27+/m1/s1. The van der Waals surface area contributed by atoms with Crippen molar-refractivity contribution < 1.29 is 24.1 Å². The second-order valence-corrected chi connectivity index (χ2v) is 7.57. The topological polar surface area (TPSA) is 65.0 Å². The zero-order valence-corrected chi connectivity index (χ0v) is 18.1. The highest BCUT2D eigenvalue weighted by atomic mass is 16.6. The Morgan fingerprint density at radius 3 is 1.66 bits per heavy atom. The molecule has 0 unspecified atom stereocenters. The zero-order valence-electron chi connectivity index (χ0n) is 18.1. The molecule has 0 fully saturated rings. The number of carbonyl (C=O) groups excluding carboxylic acids is 1. The molecule has 0 saturated carbocycles. The van der Waals surface area contributed by atoms with Gasteiger partial charge in [-0.2, -0.15) is 0 Å². The van der Waals surface area contributed by atoms with Crippen LogP contribution in [0.3, 0.4) is 0 Å². The van der Waals surface area contributed by atoms with E-state index < -0.39 is 18.3 Å². The van der Waals surface area contributed by atoms with Gasteiger partial charge in [0.05, 0.1) is 32.5 Å². The van der Waals surface area contributed by atoms with Crippen molar-refractivity contribution in [1.82, 2.24) is 0 Å². The molecular formula is C27H30O5. The Bertz CT molecular complexity index is 886. The first-order valence-electron chi connectivity index (χ1n) is 10.8. The Hall–Kier alpha value is -2.83. The van der Waals surface area contributed by atoms with Gasteiger partial charge in [0.2, 0.25) is 0 Å². The minimum Gasteiger partial charge on any atom is -0.388 e. The Balaban J connectivity index is 1.65. The summed E-state index contributed by atoms with van der Waals surface area (Å²) < 4.78 is 17.8. The van der Waals surface area contributed by atoms with Crippen LogP contribution in [0.2, 0.25) is 0 Å². The lowest BCUT2D eigenvalue weighted by atomic mass is 10.1. The van der Waals surface area contributed by atoms with Gasteiger partial charge in [-0.3, -0.25) is 0 Å². The number of hydrogen-bond acceptors (Lipinski definition) is 5. The molecule has 3 rings (SSSR count). The highest BCUT2D eigenvalue weighted by Crippen LogP contribution is 2.18. The molecule has 5 heteroatoms. The normalized spacial score (nSPS) is 13.9. The monoisotopic (exact) mass is 434 g/mol. The summed E-state index contributed by atoms with van der Waals surface area (Å²) in [5.41, 5.74) is 2.98. The van der Waals surface area contributed by atoms with E-state index in [1.807, 2.05) is 91.0 Å². The number of rotatable bonds is 14. The molecule has 32 heavy (non-hydrogen) atoms. The van der Waals surface area contributed by atoms with Crippen molar-refractivity contribution in [3.05, 3.63) is 108 Å². The number of hydrogen-bond donors (Lipinski definition) is 1. The summed E-state index contributed by atoms with van der Waals surface area (Å²) in [5.74, 6) is 0. The minimum absolute atomic E-state index is 0.0679. The van der Waals surface area contributed by atoms with Crippen LogP contribution < -0.4 is 0 Å². The smallest absolute Gasteiger partial charge is 0.122 e. The molecule has 0 aliphatic rings. The lowest BCUT2D eigenvalue weighted by molar-refractivity contribution is -0.151. The minimum atomic E-state index is -0.955. The Labute approximate surface area is 189 Å². The second-order valence-electron chi connectivity index (χ2n) is 7.57. The SMILES string of the molecule is O=CC[C@@H](OCc1ccccc1)[C@@H](OCc1ccccc1)[C@H](O)COCc1ccccc1. The fourth-order valence-corrected chi connectivity index (χ4v) is 3.37. The van der Waals surface area contributed by atoms with Crippen molar-refractivity contribution in [2.24, 2.45) is 0 Å². The molecule has 0 spiro atoms. The summed E-state index contributed by atoms with van der Waals surface area (Å²) in [7, 11) is 0. The number of ether oxygens (including phenoxy) is 3. The van der Waals surface area contributed by atoms with Crippen molar-refractivity contribution in [3.63, 3.8) is 0 Å². The lowest BCUT2D eigenvalue weighted by Gasteiger charge is -2.30. The first kappa shape index (κ1) is 23.8. The van der Waals surface area contributed by atoms with E-state index in [2.05, 4.69) is 0 Å². The van der Waals surface area contributed by atoms with Crippen LogP contribution in [-0.4, -0.2) is 36.3 Å². The molecule has 3 aromatic carbocycles. The third-order valence-electron chi connectivity index (χ3n) is 5.07. The van der Waals surface area contributed by atoms with Crippen LogP contribution in [-0.2, 0) is 38.8 Å². The molecule has 5 nitrogen and oxygen atoms in total. The molecule has 0 aliphatic heterocycles. The Morgan fingerprint density at radius 1 is 0.688 bits per heavy atom. The van der Waals surface area contributed by atoms with Crippen LogP contribution in [0.15, 0.2) is 91.0 Å². The van der Waals surface area contributed by atoms with Crippen molar-refractivity contribution in [2.45, 2.75) is 44.6 Å². The molecular weight excluding hydrogens is 404 g/mol. The predicted octanol–water partition coefficient (Wildman–Crippen LogP) is 4.32. The first-order chi connectivity index (χ1) is 15.8. The lowest BCUT2D eigenvalue weighted by Crippen LogP contribution is -2.43. The molecule has 3 aromatic rings. The van der Waals surface area contributed by atoms with E-state index in [1.165, 1.54) is 0 Å². The maximum absolute atomic E-state index is 11.4. The average Bonchev–Trinajstić information content (AvgIpc) is 2.84. The van der Waals surface area contributed by atoms with Crippen LogP contribution in [0, 0.1) is 0 Å². The predicted molar refractivity (Wildman–Crippen MR) is 123 cm³/mol. The molecule has 0 saturated heterocycles. The molecule has 3 atom stereocenters. The fourth-order valence-electron chi connectivity index (χ4n) is 3.37. The third kappa shape index (κ3) is 8.02. The summed E-state index contributed by atoms with van der Waals surface area (Å²) in [6.07, 6.45) is -1.37. The number of carbonyl (C=O) groups is 1. The van der Waals surface area contributed by atoms with E-state index in [4.69, 9.17) is 14.2 Å². The molecule has 1 N–H and O–H groups in total. The van der Waals surface area contributed by atoms with Crippen LogP contribution in [0.5, 0.6) is 0 Å². The molecule has 0 heterocycles. The van der Waals surface area contributed by atoms with Gasteiger partial charge in [-0.05, 0) is 16.7 Å². The number of aldehydes is 1. The maximum atomic E-state index is 11.4. The van der Waals surface area contributed by atoms with Gasteiger partial charge in [0.1, 0.15) is 18.5 Å². The summed E-state index contributed by atoms with van der Waals surface area (Å²) in [4.78, 5) is 11.4. The van der Waals surface area contributed by atoms with Crippen molar-refractivity contribution in [1.29, 1.82) is 0 Å². The van der Waals surface area contributed by atoms with Gasteiger partial charge >= 0.3 is 0 Å². The van der Waals surface area contributed by atoms with Crippen LogP contribution in [0.25, 0.3) is 0 Å². The van der Waals surface area contributed by atoms with Crippen molar-refractivity contribution >= 4 is 6.29 Å². The van der Waals surface area contributed by atoms with E-state index >= 15 is 0 Å². The van der Waals surface area contributed by atoms with E-state index in [1.54, 1.807) is 0 Å². The van der Waals surface area contributed by atoms with Crippen LogP contribution >= 0.6 is 0 Å². The zero-order chi connectivity index (χ0) is 22.4. The summed E-state index contributed by atoms with van der Waals surface area (Å²) in [5, 5.41) is 10.9. The second kappa shape index (κ2) is 13.6. The molecule has 0 bridgehead atoms. The molecule has 0 aromatic heterocycles. The van der Waals surface area contributed by atoms with Crippen molar-refractivity contribution in [3.8, 4) is 0 Å². The third-order valence-corrected chi connectivity index (χ3v) is 5.07. The van der Waals surface area contributed by atoms with Crippen molar-refractivity contribution in [2.75, 3.05) is 6.61 Å². The maximum Gasteiger partial charge on any atom is 0.122 e. The van der Waals surface area contributed by atoms with Gasteiger partial charge in [0.15, 0.2) is 0 Å². The van der Waals surface area contributed by atoms with E-state index in [0.717, 1.165) is 23.0 Å². The van der Waals surface area contributed by atoms with Crippen LogP contribution in [0.4, 0.5) is 0 Å². The largest absolute Gasteiger partial charge is 0.388 e. The van der Waals surface area contributed by atoms with Crippen LogP contribution in [0.1, 0.15) is 23.1 Å². The number of aliphatic hydroxyl groups is 1. The molecule has 168 valence electrons. The molecule has 0 aliphatic carbocycles. The van der Waals surface area contributed by atoms with Gasteiger partial charge in [-0.1, -0.05) is 91.0 Å². The Kier molecular flexibility index (Phi) is 10.1. The summed E-state index contributed by atoms with van der Waals surface area (Å²) in [6, 6.07) is 29.2. The quantitative estimate of drug-likeness (QED) is 0.383. The van der Waals surface area contributed by atoms with E-state index in [9.17, 15) is 9.90 Å². The van der Waals surface area contributed by atoms with Gasteiger partial charge in [-0.25, -0.2) is 0 Å². The van der Waals surface area contributed by atoms with E-state index in [0.29, 0.717) is 19.8 Å². The highest BCUT2D eigenvalue weighted by molar-refractivity contribution is 5.50. The number of aliphatic hydroxyl groups excluding tert-OH is 1. The summed E-state index contributed by atoms with van der Waals surface area (Å²) in [6.45, 7) is 1.07. The first-order valence-corrected chi connectivity index (χ1v) is 10.8. The summed E-state index contributed by atoms with van der Waals surface area (Å²) >= 11 is 0. The van der Waals surface area contributed by atoms with Gasteiger partial charge in [0.25, 0.3) is 0 Å². The Morgan fingerprint density at radius 2 is 1.16 bits per heavy atom. The van der Waals surface area contributed by atoms with E-state index in [-0.39, 0.29) is 13.0 Å². The van der Waals surface area contributed by atoms with Gasteiger partial charge < -0.3 is 24.1 Å². The fraction of sp³-hybridized carbons (Fsp3) is 0.296. The average molecular weight is 435 g/mol. The molecule has 0 radical (unpaired) electrons. The molecule has 0 amide bonds. The van der Waals surface area contributed by atoms with Gasteiger partial charge in [-0.15, -0.1) is 0 Å². The number of benzene rings is 3.